The molecule has 0 bridgehead atoms. The fourth-order valence-electron chi connectivity index (χ4n) is 3.22. The van der Waals surface area contributed by atoms with E-state index in [9.17, 15) is 4.79 Å². The van der Waals surface area contributed by atoms with Gasteiger partial charge in [0.25, 0.3) is 0 Å². The van der Waals surface area contributed by atoms with E-state index in [1.807, 2.05) is 38.4 Å². The molecule has 1 aliphatic rings. The van der Waals surface area contributed by atoms with Gasteiger partial charge < -0.3 is 10.5 Å². The molecule has 1 saturated heterocycles. The second kappa shape index (κ2) is 9.89. The number of carbonyl (C=O) groups excluding carboxylic acids is 1. The van der Waals surface area contributed by atoms with Gasteiger partial charge in [0.2, 0.25) is 5.91 Å². The largest absolute Gasteiger partial charge is 0.457 e. The van der Waals surface area contributed by atoms with Gasteiger partial charge in [0.05, 0.1) is 5.69 Å². The Bertz CT molecular complexity index is 894. The summed E-state index contributed by atoms with van der Waals surface area (Å²) in [4.78, 5) is 13.5. The minimum Gasteiger partial charge on any atom is -0.457 e. The lowest BCUT2D eigenvalue weighted by molar-refractivity contribution is 0.100. The van der Waals surface area contributed by atoms with E-state index < -0.39 is 5.91 Å². The monoisotopic (exact) mass is 392 g/mol. The predicted octanol–water partition coefficient (Wildman–Crippen LogP) is 3.90. The topological polar surface area (TPSA) is 73.4 Å². The summed E-state index contributed by atoms with van der Waals surface area (Å²) < 4.78 is 7.56. The first-order valence-corrected chi connectivity index (χ1v) is 9.85. The molecule has 0 spiro atoms. The highest BCUT2D eigenvalue weighted by Crippen LogP contribution is 2.23. The summed E-state index contributed by atoms with van der Waals surface area (Å²) in [7, 11) is 1.91. The van der Waals surface area contributed by atoms with Crippen molar-refractivity contribution in [2.75, 3.05) is 13.1 Å². The number of likely N-dealkylation sites (tertiary alicyclic amines) is 1. The maximum absolute atomic E-state index is 11.0. The standard InChI is InChI=1S/C18H20N2O2.C5H8N2/c19-18(21)15-5-9-17(10-6-15)22-16-7-3-14(4-8-16)13-20-11-1-2-12-20;1-5-3-4-7(2)6-5/h3-10H,1-2,11-13H2,(H2,19,21);3-4H,1-2H3. The van der Waals surface area contributed by atoms with Crippen LogP contribution in [0.3, 0.4) is 0 Å². The average molecular weight is 393 g/mol. The maximum atomic E-state index is 11.0. The van der Waals surface area contributed by atoms with E-state index in [1.165, 1.54) is 31.5 Å². The van der Waals surface area contributed by atoms with Crippen LogP contribution >= 0.6 is 0 Å². The number of hydrogen-bond donors (Lipinski definition) is 1. The molecule has 0 saturated carbocycles. The third kappa shape index (κ3) is 6.47. The Kier molecular flexibility index (Phi) is 7.03. The first-order chi connectivity index (χ1) is 14.0. The summed E-state index contributed by atoms with van der Waals surface area (Å²) in [5, 5.41) is 4.03. The fraction of sp³-hybridized carbons (Fsp3) is 0.304. The second-order valence-corrected chi connectivity index (χ2v) is 7.25. The van der Waals surface area contributed by atoms with E-state index >= 15 is 0 Å². The number of amides is 1. The number of nitrogens with two attached hydrogens (primary N) is 1. The van der Waals surface area contributed by atoms with Crippen LogP contribution in [0.4, 0.5) is 0 Å². The molecule has 1 fully saturated rings. The summed E-state index contributed by atoms with van der Waals surface area (Å²) in [5.41, 5.74) is 8.07. The molecule has 0 radical (unpaired) electrons. The van der Waals surface area contributed by atoms with Crippen molar-refractivity contribution in [3.05, 3.63) is 77.6 Å². The van der Waals surface area contributed by atoms with E-state index in [4.69, 9.17) is 10.5 Å². The Morgan fingerprint density at radius 3 is 2.03 bits per heavy atom. The minimum absolute atomic E-state index is 0.433. The summed E-state index contributed by atoms with van der Waals surface area (Å²) in [6, 6.07) is 17.0. The third-order valence-electron chi connectivity index (χ3n) is 4.75. The molecule has 1 amide bonds. The van der Waals surface area contributed by atoms with Gasteiger partial charge in [0.15, 0.2) is 0 Å². The van der Waals surface area contributed by atoms with Crippen LogP contribution in [-0.2, 0) is 13.6 Å². The summed E-state index contributed by atoms with van der Waals surface area (Å²) in [6.07, 6.45) is 4.54. The second-order valence-electron chi connectivity index (χ2n) is 7.25. The van der Waals surface area contributed by atoms with Crippen LogP contribution in [0.2, 0.25) is 0 Å². The molecule has 2 N–H and O–H groups in total. The lowest BCUT2D eigenvalue weighted by atomic mass is 10.2. The fourth-order valence-corrected chi connectivity index (χ4v) is 3.22. The number of ether oxygens (including phenoxy) is 1. The number of carbonyl (C=O) groups is 1. The number of nitrogens with zero attached hydrogens (tertiary/aromatic N) is 3. The molecule has 2 heterocycles. The predicted molar refractivity (Wildman–Crippen MR) is 114 cm³/mol. The number of aromatic nitrogens is 2. The quantitative estimate of drug-likeness (QED) is 0.715. The van der Waals surface area contributed by atoms with Crippen LogP contribution in [0.5, 0.6) is 11.5 Å². The molecule has 1 aromatic heterocycles. The van der Waals surface area contributed by atoms with E-state index in [-0.39, 0.29) is 0 Å². The van der Waals surface area contributed by atoms with Crippen molar-refractivity contribution in [3.63, 3.8) is 0 Å². The highest BCUT2D eigenvalue weighted by Gasteiger charge is 2.11. The van der Waals surface area contributed by atoms with Crippen LogP contribution in [0.25, 0.3) is 0 Å². The zero-order chi connectivity index (χ0) is 20.6. The summed E-state index contributed by atoms with van der Waals surface area (Å²) >= 11 is 0. The molecule has 0 aliphatic carbocycles. The first kappa shape index (κ1) is 20.6. The van der Waals surface area contributed by atoms with Crippen molar-refractivity contribution in [2.45, 2.75) is 26.3 Å². The van der Waals surface area contributed by atoms with Crippen molar-refractivity contribution >= 4 is 5.91 Å². The Balaban J connectivity index is 0.000000290. The molecular weight excluding hydrogens is 364 g/mol. The van der Waals surface area contributed by atoms with Crippen molar-refractivity contribution in [3.8, 4) is 11.5 Å². The van der Waals surface area contributed by atoms with Gasteiger partial charge in [-0.1, -0.05) is 12.1 Å². The maximum Gasteiger partial charge on any atom is 0.248 e. The highest BCUT2D eigenvalue weighted by molar-refractivity contribution is 5.92. The molecule has 2 aromatic carbocycles. The van der Waals surface area contributed by atoms with Gasteiger partial charge in [-0.05, 0) is 80.9 Å². The Hall–Kier alpha value is -3.12. The number of rotatable bonds is 5. The van der Waals surface area contributed by atoms with Gasteiger partial charge in [-0.15, -0.1) is 0 Å². The summed E-state index contributed by atoms with van der Waals surface area (Å²) in [5.74, 6) is 1.05. The number of aryl methyl sites for hydroxylation is 2. The molecular formula is C23H28N4O2. The van der Waals surface area contributed by atoms with E-state index in [0.717, 1.165) is 18.0 Å². The van der Waals surface area contributed by atoms with Crippen LogP contribution in [0.15, 0.2) is 60.8 Å². The van der Waals surface area contributed by atoms with Crippen LogP contribution in [-0.4, -0.2) is 33.7 Å². The van der Waals surface area contributed by atoms with Crippen LogP contribution < -0.4 is 10.5 Å². The lowest BCUT2D eigenvalue weighted by Gasteiger charge is -2.14. The van der Waals surface area contributed by atoms with Crippen molar-refractivity contribution in [1.82, 2.24) is 14.7 Å². The van der Waals surface area contributed by atoms with Crippen molar-refractivity contribution in [1.29, 1.82) is 0 Å². The van der Waals surface area contributed by atoms with Gasteiger partial charge in [-0.2, -0.15) is 5.10 Å². The molecule has 1 aliphatic heterocycles. The molecule has 6 nitrogen and oxygen atoms in total. The summed E-state index contributed by atoms with van der Waals surface area (Å²) in [6.45, 7) is 5.38. The van der Waals surface area contributed by atoms with Crippen LogP contribution in [0.1, 0.15) is 34.5 Å². The van der Waals surface area contributed by atoms with Gasteiger partial charge in [0, 0.05) is 25.4 Å². The first-order valence-electron chi connectivity index (χ1n) is 9.85. The minimum atomic E-state index is -0.433. The Morgan fingerprint density at radius 1 is 1.00 bits per heavy atom. The third-order valence-corrected chi connectivity index (χ3v) is 4.75. The van der Waals surface area contributed by atoms with Gasteiger partial charge in [-0.3, -0.25) is 14.4 Å². The number of benzene rings is 2. The number of primary amides is 1. The Morgan fingerprint density at radius 2 is 1.59 bits per heavy atom. The van der Waals surface area contributed by atoms with E-state index in [0.29, 0.717) is 11.3 Å². The van der Waals surface area contributed by atoms with Gasteiger partial charge >= 0.3 is 0 Å². The normalized spacial score (nSPS) is 13.6. The average Bonchev–Trinajstić information content (AvgIpc) is 3.35. The van der Waals surface area contributed by atoms with Crippen molar-refractivity contribution < 1.29 is 9.53 Å². The van der Waals surface area contributed by atoms with E-state index in [2.05, 4.69) is 22.1 Å². The highest BCUT2D eigenvalue weighted by atomic mass is 16.5. The smallest absolute Gasteiger partial charge is 0.248 e. The zero-order valence-corrected chi connectivity index (χ0v) is 17.0. The molecule has 152 valence electrons. The molecule has 0 atom stereocenters. The molecule has 29 heavy (non-hydrogen) atoms. The zero-order valence-electron chi connectivity index (χ0n) is 17.0. The van der Waals surface area contributed by atoms with E-state index in [1.54, 1.807) is 28.9 Å². The molecule has 0 unspecified atom stereocenters. The van der Waals surface area contributed by atoms with Gasteiger partial charge in [0.1, 0.15) is 11.5 Å². The molecule has 4 rings (SSSR count). The molecule has 3 aromatic rings. The van der Waals surface area contributed by atoms with Crippen LogP contribution in [0, 0.1) is 6.92 Å². The SMILES string of the molecule is Cc1ccn(C)n1.NC(=O)c1ccc(Oc2ccc(CN3CCCC3)cc2)cc1. The van der Waals surface area contributed by atoms with Crippen molar-refractivity contribution in [2.24, 2.45) is 12.8 Å². The Labute approximate surface area is 171 Å². The number of hydrogen-bond acceptors (Lipinski definition) is 4. The van der Waals surface area contributed by atoms with Gasteiger partial charge in [-0.25, -0.2) is 0 Å². The molecule has 6 heteroatoms. The lowest BCUT2D eigenvalue weighted by Crippen LogP contribution is -2.18.